The molecular weight excluding hydrogens is 444 g/mol. The molecule has 0 radical (unpaired) electrons. The molecule has 1 saturated heterocycles. The maximum absolute atomic E-state index is 13.1. The Morgan fingerprint density at radius 1 is 1.36 bits per heavy atom. The molecule has 1 aromatic carbocycles. The predicted octanol–water partition coefficient (Wildman–Crippen LogP) is 2.36. The highest BCUT2D eigenvalue weighted by Crippen LogP contribution is 2.37. The molecule has 0 unspecified atom stereocenters. The lowest BCUT2D eigenvalue weighted by Crippen LogP contribution is -2.37. The van der Waals surface area contributed by atoms with Crippen molar-refractivity contribution in [2.75, 3.05) is 36.1 Å². The first kappa shape index (κ1) is 19.4. The van der Waals surface area contributed by atoms with Crippen LogP contribution >= 0.6 is 27.3 Å². The Hall–Kier alpha value is -1.97. The van der Waals surface area contributed by atoms with Gasteiger partial charge in [-0.3, -0.25) is 9.59 Å². The first-order valence-corrected chi connectivity index (χ1v) is 10.8. The first-order valence-electron chi connectivity index (χ1n) is 9.17. The number of nitrogens with two attached hydrogens (primary N) is 1. The van der Waals surface area contributed by atoms with E-state index < -0.39 is 5.91 Å². The topological polar surface area (TPSA) is 88.8 Å². The molecule has 4 rings (SSSR count). The highest BCUT2D eigenvalue weighted by atomic mass is 79.9. The normalized spacial score (nSPS) is 19.0. The van der Waals surface area contributed by atoms with Crippen molar-refractivity contribution in [3.8, 4) is 0 Å². The number of ether oxygens (including phenoxy) is 1. The van der Waals surface area contributed by atoms with E-state index in [2.05, 4.69) is 25.8 Å². The number of fused-ring (bicyclic) bond motifs is 1. The molecule has 1 aromatic heterocycles. The number of nitrogens with zero attached hydrogens (tertiary/aromatic N) is 3. The molecule has 148 valence electrons. The van der Waals surface area contributed by atoms with Crippen molar-refractivity contribution >= 4 is 49.9 Å². The lowest BCUT2D eigenvalue weighted by molar-refractivity contribution is -0.118. The van der Waals surface area contributed by atoms with Gasteiger partial charge in [-0.05, 0) is 31.0 Å². The number of thiazole rings is 1. The Balaban J connectivity index is 1.60. The number of benzene rings is 1. The average Bonchev–Trinajstić information content (AvgIpc) is 3.24. The van der Waals surface area contributed by atoms with Gasteiger partial charge in [-0.25, -0.2) is 4.98 Å². The molecule has 2 aromatic rings. The minimum absolute atomic E-state index is 0.0510. The number of hydrogen-bond donors (Lipinski definition) is 1. The summed E-state index contributed by atoms with van der Waals surface area (Å²) in [5.41, 5.74) is 8.07. The Kier molecular flexibility index (Phi) is 5.39. The summed E-state index contributed by atoms with van der Waals surface area (Å²) in [6.07, 6.45) is 0.844. The van der Waals surface area contributed by atoms with Crippen molar-refractivity contribution in [1.29, 1.82) is 0 Å². The maximum Gasteiger partial charge on any atom is 0.260 e. The number of aromatic nitrogens is 1. The molecule has 2 N–H and O–H groups in total. The molecule has 1 fully saturated rings. The Labute approximate surface area is 175 Å². The molecule has 0 bridgehead atoms. The Morgan fingerprint density at radius 3 is 2.82 bits per heavy atom. The number of carbonyl (C=O) groups is 2. The zero-order valence-corrected chi connectivity index (χ0v) is 17.9. The summed E-state index contributed by atoms with van der Waals surface area (Å²) in [7, 11) is 0. The van der Waals surface area contributed by atoms with Crippen LogP contribution in [0.3, 0.4) is 0 Å². The van der Waals surface area contributed by atoms with Crippen molar-refractivity contribution in [1.82, 2.24) is 4.98 Å². The van der Waals surface area contributed by atoms with Crippen molar-refractivity contribution in [3.05, 3.63) is 38.8 Å². The number of primary amides is 1. The summed E-state index contributed by atoms with van der Waals surface area (Å²) in [6.45, 7) is 4.69. The van der Waals surface area contributed by atoms with Crippen LogP contribution in [-0.2, 0) is 22.4 Å². The second kappa shape index (κ2) is 7.81. The van der Waals surface area contributed by atoms with E-state index in [9.17, 15) is 9.59 Å². The van der Waals surface area contributed by atoms with E-state index in [-0.39, 0.29) is 18.4 Å². The smallest absolute Gasteiger partial charge is 0.260 e. The van der Waals surface area contributed by atoms with Gasteiger partial charge in [-0.15, -0.1) is 0 Å². The van der Waals surface area contributed by atoms with E-state index in [1.54, 1.807) is 4.90 Å². The van der Waals surface area contributed by atoms with Crippen LogP contribution in [0, 0.1) is 0 Å². The van der Waals surface area contributed by atoms with Crippen LogP contribution in [0.5, 0.6) is 0 Å². The molecule has 2 amide bonds. The van der Waals surface area contributed by atoms with Crippen molar-refractivity contribution in [2.24, 2.45) is 5.73 Å². The monoisotopic (exact) mass is 464 g/mol. The van der Waals surface area contributed by atoms with Crippen molar-refractivity contribution < 1.29 is 14.3 Å². The number of morpholine rings is 1. The first-order chi connectivity index (χ1) is 13.5. The van der Waals surface area contributed by atoms with Gasteiger partial charge in [0.25, 0.3) is 5.91 Å². The fraction of sp³-hybridized carbons (Fsp3) is 0.421. The predicted molar refractivity (Wildman–Crippen MR) is 112 cm³/mol. The molecule has 9 heteroatoms. The summed E-state index contributed by atoms with van der Waals surface area (Å²) in [5, 5.41) is 0.720. The van der Waals surface area contributed by atoms with Crippen molar-refractivity contribution in [3.63, 3.8) is 0 Å². The zero-order chi connectivity index (χ0) is 19.8. The lowest BCUT2D eigenvalue weighted by Gasteiger charge is -2.26. The Morgan fingerprint density at radius 2 is 2.11 bits per heavy atom. The summed E-state index contributed by atoms with van der Waals surface area (Å²) >= 11 is 4.82. The van der Waals surface area contributed by atoms with E-state index >= 15 is 0 Å². The van der Waals surface area contributed by atoms with Gasteiger partial charge in [0.15, 0.2) is 5.13 Å². The second-order valence-electron chi connectivity index (χ2n) is 6.97. The van der Waals surface area contributed by atoms with E-state index in [1.165, 1.54) is 11.3 Å². The number of carbonyl (C=O) groups excluding carboxylic acids is 2. The summed E-state index contributed by atoms with van der Waals surface area (Å²) in [6, 6.07) is 5.92. The highest BCUT2D eigenvalue weighted by molar-refractivity contribution is 9.10. The third-order valence-corrected chi connectivity index (χ3v) is 6.99. The van der Waals surface area contributed by atoms with Gasteiger partial charge >= 0.3 is 0 Å². The fourth-order valence-electron chi connectivity index (χ4n) is 3.75. The molecule has 7 nitrogen and oxygen atoms in total. The minimum Gasteiger partial charge on any atom is -0.378 e. The molecular formula is C19H21BrN4O3S. The standard InChI is InChI=1S/C19H21BrN4O3S/c1-11-9-12-13(20)3-2-4-15(12)24(11)16(25)10-14-17(18(21)26)28-19(22-14)23-5-7-27-8-6-23/h2-4,11H,5-10H2,1H3,(H2,21,26)/t11-/m0/s1. The quantitative estimate of drug-likeness (QED) is 0.749. The molecule has 0 aliphatic carbocycles. The minimum atomic E-state index is -0.544. The molecule has 3 heterocycles. The Bertz CT molecular complexity index is 926. The van der Waals surface area contributed by atoms with Gasteiger partial charge in [0.05, 0.1) is 25.3 Å². The number of amides is 2. The van der Waals surface area contributed by atoms with Gasteiger partial charge in [0.2, 0.25) is 5.91 Å². The SMILES string of the molecule is C[C@H]1Cc2c(Br)cccc2N1C(=O)Cc1nc(N2CCOCC2)sc1C(N)=O. The molecule has 0 saturated carbocycles. The zero-order valence-electron chi connectivity index (χ0n) is 15.5. The van der Waals surface area contributed by atoms with E-state index in [0.717, 1.165) is 27.3 Å². The molecule has 1 atom stereocenters. The largest absolute Gasteiger partial charge is 0.378 e. The summed E-state index contributed by atoms with van der Waals surface area (Å²) < 4.78 is 6.38. The lowest BCUT2D eigenvalue weighted by atomic mass is 10.1. The van der Waals surface area contributed by atoms with Gasteiger partial charge < -0.3 is 20.3 Å². The number of hydrogen-bond acceptors (Lipinski definition) is 6. The molecule has 0 spiro atoms. The second-order valence-corrected chi connectivity index (χ2v) is 8.80. The summed E-state index contributed by atoms with van der Waals surface area (Å²) in [5.74, 6) is -0.622. The van der Waals surface area contributed by atoms with E-state index in [4.69, 9.17) is 10.5 Å². The van der Waals surface area contributed by atoms with Crippen LogP contribution in [-0.4, -0.2) is 49.1 Å². The molecule has 2 aliphatic heterocycles. The van der Waals surface area contributed by atoms with Crippen LogP contribution in [0.1, 0.15) is 27.9 Å². The van der Waals surface area contributed by atoms with Gasteiger partial charge in [0, 0.05) is 29.3 Å². The van der Waals surface area contributed by atoms with E-state index in [1.807, 2.05) is 25.1 Å². The van der Waals surface area contributed by atoms with Gasteiger partial charge in [0.1, 0.15) is 4.88 Å². The highest BCUT2D eigenvalue weighted by Gasteiger charge is 2.33. The number of halogens is 1. The third-order valence-electron chi connectivity index (χ3n) is 5.07. The summed E-state index contributed by atoms with van der Waals surface area (Å²) in [4.78, 5) is 33.9. The van der Waals surface area contributed by atoms with Crippen LogP contribution in [0.2, 0.25) is 0 Å². The fourth-order valence-corrected chi connectivity index (χ4v) is 5.25. The van der Waals surface area contributed by atoms with Gasteiger partial charge in [-0.1, -0.05) is 33.3 Å². The number of rotatable bonds is 4. The van der Waals surface area contributed by atoms with Gasteiger partial charge in [-0.2, -0.15) is 0 Å². The van der Waals surface area contributed by atoms with Crippen LogP contribution < -0.4 is 15.5 Å². The third kappa shape index (κ3) is 3.54. The average molecular weight is 465 g/mol. The maximum atomic E-state index is 13.1. The van der Waals surface area contributed by atoms with Crippen LogP contribution in [0.25, 0.3) is 0 Å². The van der Waals surface area contributed by atoms with Crippen molar-refractivity contribution in [2.45, 2.75) is 25.8 Å². The van der Waals surface area contributed by atoms with Crippen LogP contribution in [0.15, 0.2) is 22.7 Å². The van der Waals surface area contributed by atoms with Crippen LogP contribution in [0.4, 0.5) is 10.8 Å². The van der Waals surface area contributed by atoms with E-state index in [0.29, 0.717) is 36.9 Å². The molecule has 28 heavy (non-hydrogen) atoms. The molecule has 2 aliphatic rings. The number of anilines is 2.